The molecular formula is C23H18F3N3O2. The zero-order valence-electron chi connectivity index (χ0n) is 16.4. The van der Waals surface area contributed by atoms with E-state index in [2.05, 4.69) is 15.6 Å². The van der Waals surface area contributed by atoms with E-state index >= 15 is 0 Å². The van der Waals surface area contributed by atoms with Gasteiger partial charge in [0, 0.05) is 22.8 Å². The van der Waals surface area contributed by atoms with Gasteiger partial charge in [0.25, 0.3) is 0 Å². The number of H-pyrrole nitrogens is 1. The first kappa shape index (κ1) is 20.3. The number of alkyl halides is 3. The molecule has 0 fully saturated rings. The Balaban J connectivity index is 1.53. The summed E-state index contributed by atoms with van der Waals surface area (Å²) in [7, 11) is 1.60. The number of fused-ring (bicyclic) bond motifs is 1. The fraction of sp³-hybridized carbons (Fsp3) is 0.0870. The number of urea groups is 1. The average Bonchev–Trinajstić information content (AvgIpc) is 3.15. The molecule has 0 bridgehead atoms. The lowest BCUT2D eigenvalue weighted by Gasteiger charge is -2.10. The maximum Gasteiger partial charge on any atom is 0.416 e. The van der Waals surface area contributed by atoms with Crippen LogP contribution in [0.25, 0.3) is 22.0 Å². The summed E-state index contributed by atoms with van der Waals surface area (Å²) in [5.41, 5.74) is 2.75. The first-order chi connectivity index (χ1) is 14.8. The number of hydrogen-bond donors (Lipinski definition) is 3. The second-order valence-electron chi connectivity index (χ2n) is 6.85. The van der Waals surface area contributed by atoms with Crippen LogP contribution in [0.3, 0.4) is 0 Å². The van der Waals surface area contributed by atoms with Crippen molar-refractivity contribution in [1.29, 1.82) is 0 Å². The van der Waals surface area contributed by atoms with Crippen LogP contribution in [0.1, 0.15) is 5.56 Å². The summed E-state index contributed by atoms with van der Waals surface area (Å²) >= 11 is 0. The minimum absolute atomic E-state index is 0.252. The number of benzene rings is 3. The number of rotatable bonds is 4. The van der Waals surface area contributed by atoms with Crippen LogP contribution in [0, 0.1) is 0 Å². The second kappa shape index (κ2) is 8.06. The van der Waals surface area contributed by atoms with Crippen LogP contribution < -0.4 is 15.4 Å². The van der Waals surface area contributed by atoms with Crippen LogP contribution in [0.15, 0.2) is 72.9 Å². The number of carbonyl (C=O) groups is 1. The lowest BCUT2D eigenvalue weighted by atomic mass is 10.0. The first-order valence-corrected chi connectivity index (χ1v) is 9.34. The topological polar surface area (TPSA) is 66.1 Å². The van der Waals surface area contributed by atoms with Crippen LogP contribution in [0.5, 0.6) is 5.75 Å². The highest BCUT2D eigenvalue weighted by atomic mass is 19.4. The van der Waals surface area contributed by atoms with Gasteiger partial charge in [-0.25, -0.2) is 4.79 Å². The number of aromatic nitrogens is 1. The van der Waals surface area contributed by atoms with Gasteiger partial charge in [0.1, 0.15) is 5.75 Å². The number of aromatic amines is 1. The van der Waals surface area contributed by atoms with Gasteiger partial charge < -0.3 is 20.4 Å². The van der Waals surface area contributed by atoms with E-state index in [1.807, 2.05) is 42.5 Å². The molecule has 3 N–H and O–H groups in total. The van der Waals surface area contributed by atoms with E-state index in [-0.39, 0.29) is 5.69 Å². The predicted octanol–water partition coefficient (Wildman–Crippen LogP) is 6.51. The maximum atomic E-state index is 12.7. The number of carbonyl (C=O) groups excluding carboxylic acids is 1. The summed E-state index contributed by atoms with van der Waals surface area (Å²) in [4.78, 5) is 15.5. The molecule has 8 heteroatoms. The van der Waals surface area contributed by atoms with Gasteiger partial charge in [0.05, 0.1) is 18.4 Å². The van der Waals surface area contributed by atoms with Gasteiger partial charge in [-0.1, -0.05) is 18.2 Å². The molecule has 0 unspecified atom stereocenters. The lowest BCUT2D eigenvalue weighted by Crippen LogP contribution is -2.19. The quantitative estimate of drug-likeness (QED) is 0.349. The number of nitrogens with one attached hydrogen (secondary N) is 3. The van der Waals surface area contributed by atoms with E-state index < -0.39 is 17.8 Å². The molecule has 0 spiro atoms. The van der Waals surface area contributed by atoms with E-state index in [0.717, 1.165) is 39.9 Å². The van der Waals surface area contributed by atoms with Crippen molar-refractivity contribution in [1.82, 2.24) is 4.98 Å². The molecular weight excluding hydrogens is 407 g/mol. The van der Waals surface area contributed by atoms with Gasteiger partial charge in [-0.2, -0.15) is 13.2 Å². The molecule has 1 heterocycles. The number of amides is 2. The van der Waals surface area contributed by atoms with Crippen molar-refractivity contribution in [3.63, 3.8) is 0 Å². The number of hydrogen-bond acceptors (Lipinski definition) is 2. The highest BCUT2D eigenvalue weighted by Gasteiger charge is 2.30. The monoisotopic (exact) mass is 425 g/mol. The summed E-state index contributed by atoms with van der Waals surface area (Å²) in [5, 5.41) is 6.06. The van der Waals surface area contributed by atoms with Crippen molar-refractivity contribution >= 4 is 28.3 Å². The van der Waals surface area contributed by atoms with E-state index in [1.165, 1.54) is 12.1 Å². The Hall–Kier alpha value is -3.94. The Kier molecular flexibility index (Phi) is 5.29. The normalized spacial score (nSPS) is 11.4. The maximum absolute atomic E-state index is 12.7. The Bertz CT molecular complexity index is 1230. The molecule has 0 aliphatic rings. The number of ether oxygens (including phenoxy) is 1. The third kappa shape index (κ3) is 4.48. The Morgan fingerprint density at radius 3 is 2.39 bits per heavy atom. The molecule has 0 saturated heterocycles. The second-order valence-corrected chi connectivity index (χ2v) is 6.85. The highest BCUT2D eigenvalue weighted by Crippen LogP contribution is 2.31. The molecule has 1 aromatic heterocycles. The average molecular weight is 425 g/mol. The molecule has 0 aliphatic carbocycles. The molecule has 0 aliphatic heterocycles. The zero-order chi connectivity index (χ0) is 22.0. The molecule has 158 valence electrons. The molecule has 0 atom stereocenters. The summed E-state index contributed by atoms with van der Waals surface area (Å²) in [6.45, 7) is 0. The molecule has 31 heavy (non-hydrogen) atoms. The van der Waals surface area contributed by atoms with Crippen molar-refractivity contribution < 1.29 is 22.7 Å². The minimum Gasteiger partial charge on any atom is -0.497 e. The zero-order valence-corrected chi connectivity index (χ0v) is 16.4. The van der Waals surface area contributed by atoms with Crippen LogP contribution in [0.4, 0.5) is 29.3 Å². The fourth-order valence-corrected chi connectivity index (χ4v) is 3.23. The molecule has 0 saturated carbocycles. The summed E-state index contributed by atoms with van der Waals surface area (Å²) in [6, 6.07) is 17.1. The van der Waals surface area contributed by atoms with Crippen molar-refractivity contribution in [2.45, 2.75) is 6.18 Å². The van der Waals surface area contributed by atoms with Gasteiger partial charge in [-0.05, 0) is 59.7 Å². The van der Waals surface area contributed by atoms with Crippen molar-refractivity contribution in [2.24, 2.45) is 0 Å². The SMILES string of the molecule is COc1cccc(-c2ccc3[nH]cc(NC(=O)Nc4ccc(C(F)(F)F)cc4)c3c2)c1. The minimum atomic E-state index is -4.43. The smallest absolute Gasteiger partial charge is 0.416 e. The summed E-state index contributed by atoms with van der Waals surface area (Å²) in [6.07, 6.45) is -2.77. The Morgan fingerprint density at radius 1 is 0.935 bits per heavy atom. The molecule has 0 radical (unpaired) electrons. The number of halogens is 3. The van der Waals surface area contributed by atoms with Gasteiger partial charge in [0.15, 0.2) is 0 Å². The van der Waals surface area contributed by atoms with Crippen LogP contribution in [-0.2, 0) is 6.18 Å². The van der Waals surface area contributed by atoms with E-state index in [9.17, 15) is 18.0 Å². The lowest BCUT2D eigenvalue weighted by molar-refractivity contribution is -0.137. The highest BCUT2D eigenvalue weighted by molar-refractivity contribution is 6.06. The molecule has 2 amide bonds. The van der Waals surface area contributed by atoms with Gasteiger partial charge in [-0.15, -0.1) is 0 Å². The van der Waals surface area contributed by atoms with E-state index in [4.69, 9.17) is 4.74 Å². The van der Waals surface area contributed by atoms with E-state index in [0.29, 0.717) is 5.69 Å². The summed E-state index contributed by atoms with van der Waals surface area (Å²) in [5.74, 6) is 0.737. The predicted molar refractivity (Wildman–Crippen MR) is 114 cm³/mol. The Labute approximate surface area is 175 Å². The third-order valence-electron chi connectivity index (χ3n) is 4.80. The van der Waals surface area contributed by atoms with E-state index in [1.54, 1.807) is 13.3 Å². The van der Waals surface area contributed by atoms with Gasteiger partial charge in [0.2, 0.25) is 0 Å². The van der Waals surface area contributed by atoms with Crippen molar-refractivity contribution in [3.8, 4) is 16.9 Å². The fourth-order valence-electron chi connectivity index (χ4n) is 3.23. The van der Waals surface area contributed by atoms with Crippen molar-refractivity contribution in [2.75, 3.05) is 17.7 Å². The standard InChI is InChI=1S/C23H18F3N3O2/c1-31-18-4-2-3-14(11-18)15-5-10-20-19(12-15)21(13-27-20)29-22(30)28-17-8-6-16(7-9-17)23(24,25)26/h2-13,27H,1H3,(H2,28,29,30). The van der Waals surface area contributed by atoms with Gasteiger partial charge in [-0.3, -0.25) is 0 Å². The van der Waals surface area contributed by atoms with Gasteiger partial charge >= 0.3 is 12.2 Å². The van der Waals surface area contributed by atoms with Crippen LogP contribution in [-0.4, -0.2) is 18.1 Å². The molecule has 5 nitrogen and oxygen atoms in total. The molecule has 4 rings (SSSR count). The Morgan fingerprint density at radius 2 is 1.68 bits per heavy atom. The van der Waals surface area contributed by atoms with Crippen LogP contribution >= 0.6 is 0 Å². The molecule has 4 aromatic rings. The third-order valence-corrected chi connectivity index (χ3v) is 4.80. The number of methoxy groups -OCH3 is 1. The largest absolute Gasteiger partial charge is 0.497 e. The molecule has 3 aromatic carbocycles. The summed E-state index contributed by atoms with van der Waals surface area (Å²) < 4.78 is 43.3. The van der Waals surface area contributed by atoms with Crippen LogP contribution in [0.2, 0.25) is 0 Å². The van der Waals surface area contributed by atoms with Crippen molar-refractivity contribution in [3.05, 3.63) is 78.5 Å². The number of anilines is 2. The first-order valence-electron chi connectivity index (χ1n) is 9.34.